The van der Waals surface area contributed by atoms with Gasteiger partial charge in [-0.3, -0.25) is 19.2 Å². The Labute approximate surface area is 177 Å². The van der Waals surface area contributed by atoms with Crippen LogP contribution in [0.2, 0.25) is 0 Å². The van der Waals surface area contributed by atoms with Gasteiger partial charge in [0.25, 0.3) is 10.0 Å². The van der Waals surface area contributed by atoms with Crippen molar-refractivity contribution in [2.75, 3.05) is 11.9 Å². The van der Waals surface area contributed by atoms with Crippen molar-refractivity contribution in [3.05, 3.63) is 41.2 Å². The van der Waals surface area contributed by atoms with Crippen LogP contribution in [0.5, 0.6) is 0 Å². The zero-order chi connectivity index (χ0) is 21.9. The number of aryl methyl sites for hydroxylation is 1. The highest BCUT2D eigenvalue weighted by Gasteiger charge is 2.20. The summed E-state index contributed by atoms with van der Waals surface area (Å²) in [6.07, 6.45) is 1.65. The molecule has 1 aliphatic heterocycles. The van der Waals surface area contributed by atoms with Gasteiger partial charge in [0.1, 0.15) is 5.84 Å². The lowest BCUT2D eigenvalue weighted by atomic mass is 10.1. The number of anilines is 1. The van der Waals surface area contributed by atoms with Crippen molar-refractivity contribution in [1.82, 2.24) is 14.5 Å². The SMILES string of the molecule is Cc1nn(CC(C)C)c(C)c1CC(=O)Nc1cccc(S(=O)(=O)NC2=NCCC2)c1. The summed E-state index contributed by atoms with van der Waals surface area (Å²) in [6, 6.07) is 6.24. The highest BCUT2D eigenvalue weighted by molar-refractivity contribution is 7.90. The Balaban J connectivity index is 1.71. The fourth-order valence-corrected chi connectivity index (χ4v) is 4.59. The summed E-state index contributed by atoms with van der Waals surface area (Å²) in [7, 11) is -3.73. The van der Waals surface area contributed by atoms with Crippen LogP contribution >= 0.6 is 0 Å². The molecule has 1 aromatic carbocycles. The summed E-state index contributed by atoms with van der Waals surface area (Å²) in [5, 5.41) is 7.35. The molecule has 0 aliphatic carbocycles. The molecule has 30 heavy (non-hydrogen) atoms. The maximum absolute atomic E-state index is 12.6. The van der Waals surface area contributed by atoms with E-state index in [0.717, 1.165) is 29.9 Å². The zero-order valence-corrected chi connectivity index (χ0v) is 18.7. The van der Waals surface area contributed by atoms with E-state index >= 15 is 0 Å². The molecule has 8 nitrogen and oxygen atoms in total. The smallest absolute Gasteiger partial charge is 0.262 e. The van der Waals surface area contributed by atoms with Gasteiger partial charge in [-0.1, -0.05) is 19.9 Å². The fourth-order valence-electron chi connectivity index (χ4n) is 3.46. The Hall–Kier alpha value is -2.68. The average Bonchev–Trinajstić information content (AvgIpc) is 3.25. The number of sulfonamides is 1. The van der Waals surface area contributed by atoms with Gasteiger partial charge >= 0.3 is 0 Å². The Morgan fingerprint density at radius 2 is 2.03 bits per heavy atom. The van der Waals surface area contributed by atoms with Crippen molar-refractivity contribution in [3.8, 4) is 0 Å². The molecule has 2 heterocycles. The van der Waals surface area contributed by atoms with E-state index in [1.807, 2.05) is 18.5 Å². The van der Waals surface area contributed by atoms with Gasteiger partial charge in [-0.25, -0.2) is 8.42 Å². The van der Waals surface area contributed by atoms with E-state index in [-0.39, 0.29) is 17.2 Å². The van der Waals surface area contributed by atoms with Gasteiger partial charge in [0.2, 0.25) is 5.91 Å². The van der Waals surface area contributed by atoms with Crippen molar-refractivity contribution in [3.63, 3.8) is 0 Å². The summed E-state index contributed by atoms with van der Waals surface area (Å²) >= 11 is 0. The van der Waals surface area contributed by atoms with E-state index in [4.69, 9.17) is 0 Å². The maximum Gasteiger partial charge on any atom is 0.262 e. The lowest BCUT2D eigenvalue weighted by molar-refractivity contribution is -0.115. The third-order valence-corrected chi connectivity index (χ3v) is 6.34. The summed E-state index contributed by atoms with van der Waals surface area (Å²) in [4.78, 5) is 16.9. The minimum Gasteiger partial charge on any atom is -0.326 e. The molecule has 9 heteroatoms. The van der Waals surface area contributed by atoms with Crippen molar-refractivity contribution < 1.29 is 13.2 Å². The van der Waals surface area contributed by atoms with Crippen LogP contribution in [0.15, 0.2) is 34.2 Å². The normalized spacial score (nSPS) is 14.1. The molecule has 2 N–H and O–H groups in total. The molecule has 1 aromatic heterocycles. The molecule has 0 saturated carbocycles. The molecular weight excluding hydrogens is 402 g/mol. The van der Waals surface area contributed by atoms with Crippen molar-refractivity contribution in [2.24, 2.45) is 10.9 Å². The molecule has 162 valence electrons. The van der Waals surface area contributed by atoms with Crippen LogP contribution in [-0.2, 0) is 27.8 Å². The molecular formula is C21H29N5O3S. The van der Waals surface area contributed by atoms with E-state index < -0.39 is 10.0 Å². The third kappa shape index (κ3) is 5.27. The summed E-state index contributed by atoms with van der Waals surface area (Å²) < 4.78 is 29.6. The third-order valence-electron chi connectivity index (χ3n) is 4.96. The molecule has 0 spiro atoms. The maximum atomic E-state index is 12.6. The second kappa shape index (κ2) is 8.99. The number of amidine groups is 1. The number of amides is 1. The standard InChI is InChI=1S/C21H29N5O3S/c1-14(2)13-26-16(4)19(15(3)24-26)12-21(27)23-17-7-5-8-18(11-17)30(28,29)25-20-9-6-10-22-20/h5,7-8,11,14H,6,9-10,12-13H2,1-4H3,(H,22,25)(H,23,27). The Kier molecular flexibility index (Phi) is 6.60. The van der Waals surface area contributed by atoms with Crippen LogP contribution in [-0.4, -0.2) is 36.5 Å². The highest BCUT2D eigenvalue weighted by Crippen LogP contribution is 2.19. The van der Waals surface area contributed by atoms with Crippen molar-refractivity contribution >= 4 is 27.5 Å². The summed E-state index contributed by atoms with van der Waals surface area (Å²) in [5.41, 5.74) is 3.15. The monoisotopic (exact) mass is 431 g/mol. The summed E-state index contributed by atoms with van der Waals surface area (Å²) in [5.74, 6) is 0.722. The van der Waals surface area contributed by atoms with Crippen LogP contribution in [0, 0.1) is 19.8 Å². The first-order valence-electron chi connectivity index (χ1n) is 10.1. The number of aliphatic imine (C=N–C) groups is 1. The van der Waals surface area contributed by atoms with Gasteiger partial charge in [0.15, 0.2) is 0 Å². The number of carbonyl (C=O) groups is 1. The number of hydrogen-bond acceptors (Lipinski definition) is 5. The van der Waals surface area contributed by atoms with Gasteiger partial charge in [0.05, 0.1) is 17.0 Å². The van der Waals surface area contributed by atoms with E-state index in [0.29, 0.717) is 30.4 Å². The minimum atomic E-state index is -3.73. The second-order valence-corrected chi connectivity index (χ2v) is 9.70. The molecule has 1 amide bonds. The molecule has 0 bridgehead atoms. The molecule has 0 fully saturated rings. The second-order valence-electron chi connectivity index (χ2n) is 8.02. The number of benzene rings is 1. The molecule has 0 unspecified atom stereocenters. The van der Waals surface area contributed by atoms with Crippen LogP contribution in [0.3, 0.4) is 0 Å². The van der Waals surface area contributed by atoms with E-state index in [1.165, 1.54) is 12.1 Å². The molecule has 0 atom stereocenters. The van der Waals surface area contributed by atoms with Crippen LogP contribution in [0.25, 0.3) is 0 Å². The number of nitrogens with one attached hydrogen (secondary N) is 2. The first-order valence-corrected chi connectivity index (χ1v) is 11.6. The van der Waals surface area contributed by atoms with Gasteiger partial charge in [-0.2, -0.15) is 5.10 Å². The first-order chi connectivity index (χ1) is 14.2. The molecule has 2 aromatic rings. The van der Waals surface area contributed by atoms with E-state index in [2.05, 4.69) is 34.0 Å². The number of rotatable bonds is 7. The molecule has 1 aliphatic rings. The zero-order valence-electron chi connectivity index (χ0n) is 17.9. The lowest BCUT2D eigenvalue weighted by Crippen LogP contribution is -2.29. The quantitative estimate of drug-likeness (QED) is 0.703. The van der Waals surface area contributed by atoms with Gasteiger partial charge in [0, 0.05) is 36.5 Å². The minimum absolute atomic E-state index is 0.0898. The van der Waals surface area contributed by atoms with Crippen LogP contribution in [0.4, 0.5) is 5.69 Å². The number of carbonyl (C=O) groups excluding carboxylic acids is 1. The van der Waals surface area contributed by atoms with Gasteiger partial charge in [-0.15, -0.1) is 0 Å². The lowest BCUT2D eigenvalue weighted by Gasteiger charge is -2.10. The Morgan fingerprint density at radius 3 is 2.70 bits per heavy atom. The van der Waals surface area contributed by atoms with E-state index in [1.54, 1.807) is 12.1 Å². The predicted octanol–water partition coefficient (Wildman–Crippen LogP) is 2.81. The van der Waals surface area contributed by atoms with Crippen molar-refractivity contribution in [2.45, 2.75) is 58.4 Å². The Bertz CT molecular complexity index is 1070. The van der Waals surface area contributed by atoms with Crippen molar-refractivity contribution in [1.29, 1.82) is 0 Å². The van der Waals surface area contributed by atoms with Gasteiger partial charge < -0.3 is 5.32 Å². The average molecular weight is 432 g/mol. The highest BCUT2D eigenvalue weighted by atomic mass is 32.2. The molecule has 0 radical (unpaired) electrons. The van der Waals surface area contributed by atoms with Gasteiger partial charge in [-0.05, 0) is 44.4 Å². The summed E-state index contributed by atoms with van der Waals surface area (Å²) in [6.45, 7) is 9.55. The molecule has 0 saturated heterocycles. The number of aromatic nitrogens is 2. The van der Waals surface area contributed by atoms with E-state index in [9.17, 15) is 13.2 Å². The number of nitrogens with zero attached hydrogens (tertiary/aromatic N) is 3. The Morgan fingerprint density at radius 1 is 1.27 bits per heavy atom. The topological polar surface area (TPSA) is 105 Å². The van der Waals surface area contributed by atoms with Crippen LogP contribution < -0.4 is 10.0 Å². The largest absolute Gasteiger partial charge is 0.326 e. The fraction of sp³-hybridized carbons (Fsp3) is 0.476. The first kappa shape index (κ1) is 22.0. The predicted molar refractivity (Wildman–Crippen MR) is 117 cm³/mol. The van der Waals surface area contributed by atoms with Crippen LogP contribution in [0.1, 0.15) is 43.6 Å². The number of hydrogen-bond donors (Lipinski definition) is 2. The molecule has 3 rings (SSSR count).